The van der Waals surface area contributed by atoms with Gasteiger partial charge in [0.1, 0.15) is 5.82 Å². The lowest BCUT2D eigenvalue weighted by Crippen LogP contribution is -2.20. The zero-order valence-corrected chi connectivity index (χ0v) is 18.8. The van der Waals surface area contributed by atoms with Crippen LogP contribution in [0.15, 0.2) is 72.8 Å². The maximum atomic E-state index is 4.98. The van der Waals surface area contributed by atoms with Crippen LogP contribution in [0.2, 0.25) is 0 Å². The maximum Gasteiger partial charge on any atom is 0.164 e. The number of aromatic nitrogens is 3. The summed E-state index contributed by atoms with van der Waals surface area (Å²) >= 11 is 0. The first-order chi connectivity index (χ1) is 14.8. The predicted molar refractivity (Wildman–Crippen MR) is 127 cm³/mol. The van der Waals surface area contributed by atoms with Crippen LogP contribution in [0.3, 0.4) is 0 Å². The lowest BCUT2D eigenvalue weighted by atomic mass is 9.80. The summed E-state index contributed by atoms with van der Waals surface area (Å²) < 4.78 is 0. The topological polar surface area (TPSA) is 38.7 Å². The fourth-order valence-electron chi connectivity index (χ4n) is 4.58. The van der Waals surface area contributed by atoms with Gasteiger partial charge in [-0.1, -0.05) is 107 Å². The molecule has 0 saturated heterocycles. The van der Waals surface area contributed by atoms with Crippen LogP contribution >= 0.6 is 0 Å². The minimum absolute atomic E-state index is 0.121. The Bertz CT molecular complexity index is 1280. The average Bonchev–Trinajstić information content (AvgIpc) is 3.01. The van der Waals surface area contributed by atoms with Gasteiger partial charge in [-0.25, -0.2) is 15.0 Å². The van der Waals surface area contributed by atoms with E-state index in [9.17, 15) is 0 Å². The van der Waals surface area contributed by atoms with Gasteiger partial charge in [0.05, 0.1) is 0 Å². The van der Waals surface area contributed by atoms with Crippen LogP contribution in [0, 0.1) is 0 Å². The molecule has 3 aromatic carbocycles. The fourth-order valence-corrected chi connectivity index (χ4v) is 4.58. The predicted octanol–water partition coefficient (Wildman–Crippen LogP) is 6.81. The summed E-state index contributed by atoms with van der Waals surface area (Å²) in [7, 11) is 0. The summed E-state index contributed by atoms with van der Waals surface area (Å²) in [6, 6.07) is 25.4. The number of nitrogens with zero attached hydrogens (tertiary/aromatic N) is 3. The van der Waals surface area contributed by atoms with E-state index >= 15 is 0 Å². The summed E-state index contributed by atoms with van der Waals surface area (Å²) in [6.45, 7) is 11.0. The van der Waals surface area contributed by atoms with E-state index in [4.69, 9.17) is 15.0 Å². The Kier molecular flexibility index (Phi) is 4.33. The van der Waals surface area contributed by atoms with E-state index in [0.29, 0.717) is 0 Å². The van der Waals surface area contributed by atoms with Crippen molar-refractivity contribution in [2.75, 3.05) is 0 Å². The minimum atomic E-state index is -0.183. The lowest BCUT2D eigenvalue weighted by Gasteiger charge is -2.24. The van der Waals surface area contributed by atoms with Gasteiger partial charge in [0.25, 0.3) is 0 Å². The maximum absolute atomic E-state index is 4.98. The standard InChI is InChI=1S/C28H27N3/c1-27(2,3)26-30-24(18-12-7-6-8-13-18)29-25(31-26)21-16-11-15-20-19-14-9-10-17-22(19)28(4,5)23(20)21/h6-17H,1-5H3. The first kappa shape index (κ1) is 19.6. The lowest BCUT2D eigenvalue weighted by molar-refractivity contribution is 0.543. The molecule has 1 aliphatic carbocycles. The Balaban J connectivity index is 1.78. The van der Waals surface area contributed by atoms with Gasteiger partial charge >= 0.3 is 0 Å². The quantitative estimate of drug-likeness (QED) is 0.368. The smallest absolute Gasteiger partial charge is 0.164 e. The van der Waals surface area contributed by atoms with Crippen molar-refractivity contribution in [1.29, 1.82) is 0 Å². The third-order valence-corrected chi connectivity index (χ3v) is 6.16. The molecule has 0 radical (unpaired) electrons. The van der Waals surface area contributed by atoms with Crippen molar-refractivity contribution in [1.82, 2.24) is 15.0 Å². The van der Waals surface area contributed by atoms with Crippen molar-refractivity contribution in [2.45, 2.75) is 45.4 Å². The van der Waals surface area contributed by atoms with Crippen LogP contribution in [0.4, 0.5) is 0 Å². The molecule has 31 heavy (non-hydrogen) atoms. The van der Waals surface area contributed by atoms with E-state index in [2.05, 4.69) is 89.2 Å². The van der Waals surface area contributed by atoms with Crippen molar-refractivity contribution >= 4 is 0 Å². The summed E-state index contributed by atoms with van der Waals surface area (Å²) in [5.41, 5.74) is 7.01. The third-order valence-electron chi connectivity index (χ3n) is 6.16. The van der Waals surface area contributed by atoms with Gasteiger partial charge in [-0.2, -0.15) is 0 Å². The molecule has 0 spiro atoms. The first-order valence-corrected chi connectivity index (χ1v) is 10.8. The normalized spacial score (nSPS) is 14.2. The van der Waals surface area contributed by atoms with Gasteiger partial charge in [0, 0.05) is 22.0 Å². The Morgan fingerprint density at radius 3 is 1.97 bits per heavy atom. The highest BCUT2D eigenvalue weighted by atomic mass is 15.0. The van der Waals surface area contributed by atoms with Gasteiger partial charge in [0.2, 0.25) is 0 Å². The van der Waals surface area contributed by atoms with E-state index in [1.807, 2.05) is 18.2 Å². The second-order valence-corrected chi connectivity index (χ2v) is 9.82. The van der Waals surface area contributed by atoms with Crippen molar-refractivity contribution in [2.24, 2.45) is 0 Å². The molecule has 154 valence electrons. The molecule has 1 aliphatic rings. The van der Waals surface area contributed by atoms with E-state index in [0.717, 1.165) is 28.6 Å². The minimum Gasteiger partial charge on any atom is -0.212 e. The van der Waals surface area contributed by atoms with E-state index in [1.165, 1.54) is 22.3 Å². The Morgan fingerprint density at radius 1 is 0.613 bits per heavy atom. The van der Waals surface area contributed by atoms with Gasteiger partial charge in [-0.05, 0) is 22.3 Å². The molecule has 1 heterocycles. The van der Waals surface area contributed by atoms with E-state index in [-0.39, 0.29) is 10.8 Å². The van der Waals surface area contributed by atoms with Gasteiger partial charge in [0.15, 0.2) is 11.6 Å². The summed E-state index contributed by atoms with van der Waals surface area (Å²) in [4.78, 5) is 14.8. The first-order valence-electron chi connectivity index (χ1n) is 10.8. The molecule has 0 saturated carbocycles. The van der Waals surface area contributed by atoms with Crippen LogP contribution in [0.1, 0.15) is 51.6 Å². The SMILES string of the molecule is CC(C)(C)c1nc(-c2ccccc2)nc(-c2cccc3c2C(C)(C)c2ccccc2-3)n1. The molecule has 5 rings (SSSR count). The Hall–Kier alpha value is -3.33. The number of hydrogen-bond acceptors (Lipinski definition) is 3. The molecule has 0 aliphatic heterocycles. The second-order valence-electron chi connectivity index (χ2n) is 9.82. The molecule has 1 aromatic heterocycles. The molecule has 0 bridgehead atoms. The van der Waals surface area contributed by atoms with E-state index < -0.39 is 0 Å². The molecule has 3 nitrogen and oxygen atoms in total. The summed E-state index contributed by atoms with van der Waals surface area (Å²) in [6.07, 6.45) is 0. The second kappa shape index (κ2) is 6.84. The van der Waals surface area contributed by atoms with Gasteiger partial charge < -0.3 is 0 Å². The molecular weight excluding hydrogens is 378 g/mol. The van der Waals surface area contributed by atoms with E-state index in [1.54, 1.807) is 0 Å². The fraction of sp³-hybridized carbons (Fsp3) is 0.250. The number of fused-ring (bicyclic) bond motifs is 3. The highest BCUT2D eigenvalue weighted by Gasteiger charge is 2.38. The van der Waals surface area contributed by atoms with Crippen molar-refractivity contribution in [3.8, 4) is 33.9 Å². The molecule has 0 atom stereocenters. The van der Waals surface area contributed by atoms with Gasteiger partial charge in [-0.3, -0.25) is 0 Å². The highest BCUT2D eigenvalue weighted by molar-refractivity contribution is 5.87. The number of benzene rings is 3. The molecule has 4 aromatic rings. The molecule has 0 N–H and O–H groups in total. The molecular formula is C28H27N3. The number of rotatable bonds is 2. The highest BCUT2D eigenvalue weighted by Crippen LogP contribution is 2.51. The van der Waals surface area contributed by atoms with Crippen LogP contribution in [-0.4, -0.2) is 15.0 Å². The van der Waals surface area contributed by atoms with Crippen molar-refractivity contribution in [3.63, 3.8) is 0 Å². The van der Waals surface area contributed by atoms with Gasteiger partial charge in [-0.15, -0.1) is 0 Å². The number of hydrogen-bond donors (Lipinski definition) is 0. The Morgan fingerprint density at radius 2 is 1.23 bits per heavy atom. The molecule has 0 fully saturated rings. The summed E-state index contributed by atoms with van der Waals surface area (Å²) in [5.74, 6) is 2.28. The van der Waals surface area contributed by atoms with Crippen LogP contribution in [-0.2, 0) is 10.8 Å². The monoisotopic (exact) mass is 405 g/mol. The van der Waals surface area contributed by atoms with Crippen molar-refractivity contribution in [3.05, 3.63) is 89.7 Å². The van der Waals surface area contributed by atoms with Crippen LogP contribution < -0.4 is 0 Å². The summed E-state index contributed by atoms with van der Waals surface area (Å²) in [5, 5.41) is 0. The van der Waals surface area contributed by atoms with Crippen LogP contribution in [0.25, 0.3) is 33.9 Å². The largest absolute Gasteiger partial charge is 0.212 e. The third kappa shape index (κ3) is 3.16. The zero-order valence-electron chi connectivity index (χ0n) is 18.8. The molecule has 0 unspecified atom stereocenters. The molecule has 3 heteroatoms. The van der Waals surface area contributed by atoms with Crippen molar-refractivity contribution < 1.29 is 0 Å². The average molecular weight is 406 g/mol. The molecule has 0 amide bonds. The van der Waals surface area contributed by atoms with Crippen LogP contribution in [0.5, 0.6) is 0 Å². The zero-order chi connectivity index (χ0) is 21.8. The Labute approximate surface area is 184 Å².